The molecule has 2 rings (SSSR count). The molecule has 0 aliphatic rings. The molecule has 0 unspecified atom stereocenters. The lowest BCUT2D eigenvalue weighted by Gasteiger charge is -2.12. The number of anilines is 2. The summed E-state index contributed by atoms with van der Waals surface area (Å²) in [5.41, 5.74) is 0.902. The lowest BCUT2D eigenvalue weighted by Crippen LogP contribution is -2.08. The Bertz CT molecular complexity index is 689. The van der Waals surface area contributed by atoms with Crippen LogP contribution in [0.5, 0.6) is 0 Å². The van der Waals surface area contributed by atoms with E-state index in [1.54, 1.807) is 18.2 Å². The van der Waals surface area contributed by atoms with Crippen LogP contribution in [0.4, 0.5) is 21.5 Å². The van der Waals surface area contributed by atoms with Gasteiger partial charge < -0.3 is 10.6 Å². The molecule has 0 aromatic heterocycles. The summed E-state index contributed by atoms with van der Waals surface area (Å²) in [6.45, 7) is 3.75. The fourth-order valence-corrected chi connectivity index (χ4v) is 1.83. The summed E-state index contributed by atoms with van der Waals surface area (Å²) in [5.74, 6) is 0.0469. The maximum absolute atomic E-state index is 12.8. The largest absolute Gasteiger partial charge is 0.342 e. The molecule has 0 aliphatic carbocycles. The van der Waals surface area contributed by atoms with Crippen molar-refractivity contribution in [3.63, 3.8) is 0 Å². The van der Waals surface area contributed by atoms with Gasteiger partial charge in [0.1, 0.15) is 16.7 Å². The van der Waals surface area contributed by atoms with Crippen LogP contribution < -0.4 is 10.6 Å². The average molecular weight is 308 g/mol. The first-order valence-electron chi connectivity index (χ1n) is 5.88. The molecule has 7 heteroatoms. The van der Waals surface area contributed by atoms with Crippen LogP contribution in [0.15, 0.2) is 54.9 Å². The molecule has 0 saturated heterocycles. The second-order valence-electron chi connectivity index (χ2n) is 4.16. The number of nitrogens with one attached hydrogen (secondary N) is 2. The van der Waals surface area contributed by atoms with E-state index in [9.17, 15) is 14.5 Å². The number of hydrogen-bond acceptors (Lipinski definition) is 4. The highest BCUT2D eigenvalue weighted by atomic mass is 35.5. The summed E-state index contributed by atoms with van der Waals surface area (Å²) in [6.07, 6.45) is 0. The molecule has 5 nitrogen and oxygen atoms in total. The fourth-order valence-electron chi connectivity index (χ4n) is 1.64. The van der Waals surface area contributed by atoms with E-state index in [0.717, 1.165) is 0 Å². The number of rotatable bonds is 5. The molecular weight excluding hydrogens is 297 g/mol. The van der Waals surface area contributed by atoms with Crippen molar-refractivity contribution in [1.82, 2.24) is 0 Å². The van der Waals surface area contributed by atoms with Crippen molar-refractivity contribution in [2.75, 3.05) is 10.6 Å². The van der Waals surface area contributed by atoms with Crippen molar-refractivity contribution in [1.29, 1.82) is 0 Å². The second-order valence-corrected chi connectivity index (χ2v) is 4.57. The molecule has 0 heterocycles. The average Bonchev–Trinajstić information content (AvgIpc) is 2.43. The van der Waals surface area contributed by atoms with Crippen LogP contribution in [0.3, 0.4) is 0 Å². The Morgan fingerprint density at radius 2 is 1.71 bits per heavy atom. The van der Waals surface area contributed by atoms with Gasteiger partial charge in [0.25, 0.3) is 5.69 Å². The zero-order valence-corrected chi connectivity index (χ0v) is 11.5. The van der Waals surface area contributed by atoms with Crippen LogP contribution in [-0.2, 0) is 0 Å². The zero-order chi connectivity index (χ0) is 15.4. The SMILES string of the molecule is C=C(Nc1ccc(F)cc1)Nc1ccc(Cl)c([N+](=O)[O-])c1. The quantitative estimate of drug-likeness (QED) is 0.635. The number of nitrogens with zero attached hydrogens (tertiary/aromatic N) is 1. The van der Waals surface area contributed by atoms with Gasteiger partial charge in [0.15, 0.2) is 0 Å². The van der Waals surface area contributed by atoms with Crippen molar-refractivity contribution in [2.24, 2.45) is 0 Å². The molecule has 0 atom stereocenters. The van der Waals surface area contributed by atoms with E-state index in [-0.39, 0.29) is 16.5 Å². The standard InChI is InChI=1S/C14H11ClFN3O2/c1-9(17-11-4-2-10(16)3-5-11)18-12-6-7-13(15)14(8-12)19(20)21/h2-8,17-18H,1H2. The first kappa shape index (κ1) is 14.8. The summed E-state index contributed by atoms with van der Waals surface area (Å²) < 4.78 is 12.8. The molecule has 0 bridgehead atoms. The monoisotopic (exact) mass is 307 g/mol. The Morgan fingerprint density at radius 3 is 2.33 bits per heavy atom. The smallest absolute Gasteiger partial charge is 0.289 e. The van der Waals surface area contributed by atoms with Crippen LogP contribution in [0.1, 0.15) is 0 Å². The van der Waals surface area contributed by atoms with Crippen LogP contribution in [-0.4, -0.2) is 4.92 Å². The van der Waals surface area contributed by atoms with Crippen LogP contribution in [0, 0.1) is 15.9 Å². The second kappa shape index (κ2) is 6.23. The van der Waals surface area contributed by atoms with E-state index >= 15 is 0 Å². The first-order chi connectivity index (χ1) is 9.95. The first-order valence-corrected chi connectivity index (χ1v) is 6.26. The van der Waals surface area contributed by atoms with Crippen molar-refractivity contribution in [3.05, 3.63) is 75.8 Å². The number of benzene rings is 2. The molecule has 0 spiro atoms. The molecule has 0 aliphatic heterocycles. The van der Waals surface area contributed by atoms with Gasteiger partial charge in [-0.1, -0.05) is 18.2 Å². The molecular formula is C14H11ClFN3O2. The third-order valence-corrected chi connectivity index (χ3v) is 2.90. The molecule has 2 aromatic carbocycles. The summed E-state index contributed by atoms with van der Waals surface area (Å²) in [7, 11) is 0. The number of nitro groups is 1. The van der Waals surface area contributed by atoms with Crippen molar-refractivity contribution in [3.8, 4) is 0 Å². The highest BCUT2D eigenvalue weighted by molar-refractivity contribution is 6.32. The Balaban J connectivity index is 2.07. The summed E-state index contributed by atoms with van der Waals surface area (Å²) >= 11 is 5.73. The minimum absolute atomic E-state index is 0.0580. The lowest BCUT2D eigenvalue weighted by atomic mass is 10.2. The van der Waals surface area contributed by atoms with Gasteiger partial charge in [0.2, 0.25) is 0 Å². The third kappa shape index (κ3) is 3.93. The molecule has 0 fully saturated rings. The van der Waals surface area contributed by atoms with Gasteiger partial charge in [-0.15, -0.1) is 0 Å². The minimum atomic E-state index is -0.566. The lowest BCUT2D eigenvalue weighted by molar-refractivity contribution is -0.384. The third-order valence-electron chi connectivity index (χ3n) is 2.58. The fraction of sp³-hybridized carbons (Fsp3) is 0. The summed E-state index contributed by atoms with van der Waals surface area (Å²) in [5, 5.41) is 16.6. The van der Waals surface area contributed by atoms with Crippen LogP contribution >= 0.6 is 11.6 Å². The molecule has 2 aromatic rings. The van der Waals surface area contributed by atoms with E-state index in [4.69, 9.17) is 11.6 Å². The maximum Gasteiger partial charge on any atom is 0.289 e. The van der Waals surface area contributed by atoms with E-state index in [2.05, 4.69) is 17.2 Å². The van der Waals surface area contributed by atoms with Gasteiger partial charge in [-0.3, -0.25) is 10.1 Å². The Hall–Kier alpha value is -2.60. The Morgan fingerprint density at radius 1 is 1.14 bits per heavy atom. The van der Waals surface area contributed by atoms with Crippen molar-refractivity contribution < 1.29 is 9.31 Å². The highest BCUT2D eigenvalue weighted by Gasteiger charge is 2.12. The number of hydrogen-bond donors (Lipinski definition) is 2. The molecule has 0 saturated carbocycles. The van der Waals surface area contributed by atoms with Crippen molar-refractivity contribution in [2.45, 2.75) is 0 Å². The van der Waals surface area contributed by atoms with Gasteiger partial charge in [-0.2, -0.15) is 0 Å². The van der Waals surface area contributed by atoms with Gasteiger partial charge in [-0.05, 0) is 36.4 Å². The highest BCUT2D eigenvalue weighted by Crippen LogP contribution is 2.27. The van der Waals surface area contributed by atoms with E-state index in [1.807, 2.05) is 0 Å². The van der Waals surface area contributed by atoms with Gasteiger partial charge in [0, 0.05) is 17.4 Å². The topological polar surface area (TPSA) is 67.2 Å². The number of nitro benzene ring substituents is 1. The Labute approximate surface area is 125 Å². The molecule has 21 heavy (non-hydrogen) atoms. The normalized spacial score (nSPS) is 10.0. The van der Waals surface area contributed by atoms with Gasteiger partial charge >= 0.3 is 0 Å². The van der Waals surface area contributed by atoms with E-state index in [0.29, 0.717) is 17.2 Å². The summed E-state index contributed by atoms with van der Waals surface area (Å²) in [4.78, 5) is 10.2. The van der Waals surface area contributed by atoms with Crippen molar-refractivity contribution >= 4 is 28.7 Å². The minimum Gasteiger partial charge on any atom is -0.342 e. The van der Waals surface area contributed by atoms with Crippen LogP contribution in [0.2, 0.25) is 5.02 Å². The maximum atomic E-state index is 12.8. The summed E-state index contributed by atoms with van der Waals surface area (Å²) in [6, 6.07) is 10.0. The van der Waals surface area contributed by atoms with Gasteiger partial charge in [-0.25, -0.2) is 4.39 Å². The molecule has 2 N–H and O–H groups in total. The van der Waals surface area contributed by atoms with Crippen LogP contribution in [0.25, 0.3) is 0 Å². The van der Waals surface area contributed by atoms with E-state index < -0.39 is 4.92 Å². The predicted molar refractivity (Wildman–Crippen MR) is 80.9 cm³/mol. The molecule has 0 amide bonds. The Kier molecular flexibility index (Phi) is 4.39. The van der Waals surface area contributed by atoms with E-state index in [1.165, 1.54) is 24.3 Å². The van der Waals surface area contributed by atoms with Gasteiger partial charge in [0.05, 0.1) is 4.92 Å². The number of halogens is 2. The predicted octanol–water partition coefficient (Wildman–Crippen LogP) is 4.38. The zero-order valence-electron chi connectivity index (χ0n) is 10.8. The molecule has 0 radical (unpaired) electrons. The molecule has 108 valence electrons.